The number of nitrogens with zero attached hydrogens (tertiary/aromatic N) is 2. The molecule has 0 spiro atoms. The fraction of sp³-hybridized carbons (Fsp3) is 0.227. The topological polar surface area (TPSA) is 76.0 Å². The van der Waals surface area contributed by atoms with Crippen molar-refractivity contribution in [2.24, 2.45) is 5.92 Å². The number of carbonyl (C=O) groups excluding carboxylic acids is 2. The zero-order chi connectivity index (χ0) is 20.8. The lowest BCUT2D eigenvalue weighted by atomic mass is 10.0. The van der Waals surface area contributed by atoms with Crippen molar-refractivity contribution in [3.8, 4) is 0 Å². The number of amides is 2. The Labute approximate surface area is 174 Å². The maximum atomic E-state index is 12.8. The van der Waals surface area contributed by atoms with Gasteiger partial charge in [-0.1, -0.05) is 37.6 Å². The number of aromatic nitrogens is 2. The molecule has 0 aliphatic heterocycles. The van der Waals surface area contributed by atoms with E-state index in [4.69, 9.17) is 11.6 Å². The van der Waals surface area contributed by atoms with Gasteiger partial charge in [-0.2, -0.15) is 0 Å². The molecule has 1 unspecified atom stereocenters. The summed E-state index contributed by atoms with van der Waals surface area (Å²) in [6.45, 7) is 4.44. The second kappa shape index (κ2) is 9.39. The highest BCUT2D eigenvalue weighted by Crippen LogP contribution is 2.15. The van der Waals surface area contributed by atoms with Crippen molar-refractivity contribution < 1.29 is 9.59 Å². The second-order valence-corrected chi connectivity index (χ2v) is 7.56. The van der Waals surface area contributed by atoms with Crippen LogP contribution in [-0.4, -0.2) is 27.4 Å². The van der Waals surface area contributed by atoms with Crippen LogP contribution in [0, 0.1) is 5.92 Å². The Hall–Kier alpha value is -3.12. The minimum Gasteiger partial charge on any atom is -0.340 e. The molecule has 1 atom stereocenters. The van der Waals surface area contributed by atoms with Gasteiger partial charge in [-0.25, -0.2) is 4.98 Å². The highest BCUT2D eigenvalue weighted by atomic mass is 35.5. The third-order valence-electron chi connectivity index (χ3n) is 4.46. The van der Waals surface area contributed by atoms with Crippen LogP contribution >= 0.6 is 11.6 Å². The maximum absolute atomic E-state index is 12.8. The molecule has 7 heteroatoms. The smallest absolute Gasteiger partial charge is 0.251 e. The number of rotatable bonds is 7. The van der Waals surface area contributed by atoms with Gasteiger partial charge in [0.15, 0.2) is 0 Å². The SMILES string of the molecule is CC(C)C(NC(=O)c1ccc(Cl)cc1)C(=O)Nc1cccc(Cn2ccnc2)c1. The minimum absolute atomic E-state index is 0.0830. The van der Waals surface area contributed by atoms with E-state index < -0.39 is 6.04 Å². The molecule has 3 aromatic rings. The van der Waals surface area contributed by atoms with Crippen molar-refractivity contribution in [3.63, 3.8) is 0 Å². The van der Waals surface area contributed by atoms with Crippen molar-refractivity contribution in [1.82, 2.24) is 14.9 Å². The standard InChI is InChI=1S/C22H23ClN4O2/c1-15(2)20(26-21(28)17-6-8-18(23)9-7-17)22(29)25-19-5-3-4-16(12-19)13-27-11-10-24-14-27/h3-12,14-15,20H,13H2,1-2H3,(H,25,29)(H,26,28). The third kappa shape index (κ3) is 5.68. The fourth-order valence-corrected chi connectivity index (χ4v) is 3.05. The number of imidazole rings is 1. The second-order valence-electron chi connectivity index (χ2n) is 7.13. The molecule has 1 heterocycles. The summed E-state index contributed by atoms with van der Waals surface area (Å²) in [5, 5.41) is 6.28. The summed E-state index contributed by atoms with van der Waals surface area (Å²) in [6.07, 6.45) is 5.35. The summed E-state index contributed by atoms with van der Waals surface area (Å²) in [6, 6.07) is 13.5. The van der Waals surface area contributed by atoms with Crippen LogP contribution in [0.1, 0.15) is 29.8 Å². The average Bonchev–Trinajstić information content (AvgIpc) is 3.19. The Morgan fingerprint density at radius 2 is 1.90 bits per heavy atom. The fourth-order valence-electron chi connectivity index (χ4n) is 2.92. The molecule has 29 heavy (non-hydrogen) atoms. The Bertz CT molecular complexity index is 969. The first-order valence-corrected chi connectivity index (χ1v) is 9.72. The van der Waals surface area contributed by atoms with Gasteiger partial charge in [-0.05, 0) is 47.9 Å². The summed E-state index contributed by atoms with van der Waals surface area (Å²) in [7, 11) is 0. The van der Waals surface area contributed by atoms with Gasteiger partial charge in [0.05, 0.1) is 6.33 Å². The van der Waals surface area contributed by atoms with Gasteiger partial charge in [-0.15, -0.1) is 0 Å². The quantitative estimate of drug-likeness (QED) is 0.618. The third-order valence-corrected chi connectivity index (χ3v) is 4.71. The van der Waals surface area contributed by atoms with Gasteiger partial charge in [0.2, 0.25) is 5.91 Å². The maximum Gasteiger partial charge on any atom is 0.251 e. The van der Waals surface area contributed by atoms with Crippen molar-refractivity contribution in [3.05, 3.63) is 83.4 Å². The van der Waals surface area contributed by atoms with Gasteiger partial charge in [0.25, 0.3) is 5.91 Å². The number of anilines is 1. The molecule has 1 aromatic heterocycles. The van der Waals surface area contributed by atoms with Crippen LogP contribution in [0.4, 0.5) is 5.69 Å². The molecule has 6 nitrogen and oxygen atoms in total. The number of hydrogen-bond donors (Lipinski definition) is 2. The van der Waals surface area contributed by atoms with Gasteiger partial charge >= 0.3 is 0 Å². The highest BCUT2D eigenvalue weighted by molar-refractivity contribution is 6.30. The van der Waals surface area contributed by atoms with Crippen molar-refractivity contribution in [2.75, 3.05) is 5.32 Å². The van der Waals surface area contributed by atoms with E-state index in [1.165, 1.54) is 0 Å². The summed E-state index contributed by atoms with van der Waals surface area (Å²) in [5.41, 5.74) is 2.17. The van der Waals surface area contributed by atoms with Crippen LogP contribution in [0.3, 0.4) is 0 Å². The lowest BCUT2D eigenvalue weighted by Crippen LogP contribution is -2.47. The Balaban J connectivity index is 1.68. The molecule has 2 amide bonds. The average molecular weight is 411 g/mol. The predicted molar refractivity (Wildman–Crippen MR) is 114 cm³/mol. The first-order chi connectivity index (χ1) is 13.9. The van der Waals surface area contributed by atoms with E-state index in [9.17, 15) is 9.59 Å². The van der Waals surface area contributed by atoms with Crippen molar-refractivity contribution in [2.45, 2.75) is 26.4 Å². The van der Waals surface area contributed by atoms with E-state index in [2.05, 4.69) is 15.6 Å². The molecular formula is C22H23ClN4O2. The molecular weight excluding hydrogens is 388 g/mol. The van der Waals surface area contributed by atoms with E-state index in [1.807, 2.05) is 48.9 Å². The lowest BCUT2D eigenvalue weighted by Gasteiger charge is -2.22. The first kappa shape index (κ1) is 20.6. The Morgan fingerprint density at radius 3 is 2.55 bits per heavy atom. The van der Waals surface area contributed by atoms with Crippen molar-refractivity contribution in [1.29, 1.82) is 0 Å². The molecule has 0 aliphatic carbocycles. The van der Waals surface area contributed by atoms with Crippen LogP contribution in [-0.2, 0) is 11.3 Å². The summed E-state index contributed by atoms with van der Waals surface area (Å²) in [5.74, 6) is -0.660. The number of benzene rings is 2. The van der Waals surface area contributed by atoms with E-state index >= 15 is 0 Å². The summed E-state index contributed by atoms with van der Waals surface area (Å²) < 4.78 is 1.95. The van der Waals surface area contributed by atoms with Gasteiger partial charge < -0.3 is 15.2 Å². The number of nitrogens with one attached hydrogen (secondary N) is 2. The predicted octanol–water partition coefficient (Wildman–Crippen LogP) is 3.98. The van der Waals surface area contributed by atoms with Crippen LogP contribution in [0.2, 0.25) is 5.02 Å². The van der Waals surface area contributed by atoms with E-state index in [-0.39, 0.29) is 17.7 Å². The van der Waals surface area contributed by atoms with E-state index in [0.717, 1.165) is 5.56 Å². The molecule has 2 N–H and O–H groups in total. The van der Waals surface area contributed by atoms with Crippen LogP contribution in [0.5, 0.6) is 0 Å². The number of carbonyl (C=O) groups is 2. The zero-order valence-corrected chi connectivity index (χ0v) is 17.1. The van der Waals surface area contributed by atoms with Crippen LogP contribution in [0.15, 0.2) is 67.3 Å². The summed E-state index contributed by atoms with van der Waals surface area (Å²) in [4.78, 5) is 29.4. The van der Waals surface area contributed by atoms with Crippen LogP contribution < -0.4 is 10.6 Å². The van der Waals surface area contributed by atoms with Crippen molar-refractivity contribution >= 4 is 29.1 Å². The molecule has 0 radical (unpaired) electrons. The largest absolute Gasteiger partial charge is 0.340 e. The number of hydrogen-bond acceptors (Lipinski definition) is 3. The van der Waals surface area contributed by atoms with Gasteiger partial charge in [0, 0.05) is 35.2 Å². The van der Waals surface area contributed by atoms with E-state index in [0.29, 0.717) is 22.8 Å². The first-order valence-electron chi connectivity index (χ1n) is 9.34. The molecule has 0 fully saturated rings. The highest BCUT2D eigenvalue weighted by Gasteiger charge is 2.24. The molecule has 0 saturated carbocycles. The Kier molecular flexibility index (Phi) is 6.67. The summed E-state index contributed by atoms with van der Waals surface area (Å²) >= 11 is 5.87. The molecule has 150 valence electrons. The number of halogens is 1. The lowest BCUT2D eigenvalue weighted by molar-refractivity contribution is -0.118. The van der Waals surface area contributed by atoms with Gasteiger partial charge in [-0.3, -0.25) is 9.59 Å². The molecule has 0 bridgehead atoms. The molecule has 3 rings (SSSR count). The Morgan fingerprint density at radius 1 is 1.14 bits per heavy atom. The molecule has 0 saturated heterocycles. The zero-order valence-electron chi connectivity index (χ0n) is 16.3. The molecule has 2 aromatic carbocycles. The monoisotopic (exact) mass is 410 g/mol. The van der Waals surface area contributed by atoms with E-state index in [1.54, 1.807) is 36.8 Å². The van der Waals surface area contributed by atoms with Crippen LogP contribution in [0.25, 0.3) is 0 Å². The van der Waals surface area contributed by atoms with Gasteiger partial charge in [0.1, 0.15) is 6.04 Å². The molecule has 0 aliphatic rings. The normalized spacial score (nSPS) is 11.9. The minimum atomic E-state index is -0.671.